The number of rotatable bonds is 8. The molecule has 2 N–H and O–H groups in total. The summed E-state index contributed by atoms with van der Waals surface area (Å²) in [6, 6.07) is 10.1. The number of nitrogen functional groups attached to an aromatic ring is 1. The average Bonchev–Trinajstić information content (AvgIpc) is 3.61. The van der Waals surface area contributed by atoms with Crippen molar-refractivity contribution in [2.45, 2.75) is 18.4 Å². The van der Waals surface area contributed by atoms with Crippen LogP contribution in [0.3, 0.4) is 0 Å². The highest BCUT2D eigenvalue weighted by Crippen LogP contribution is 2.49. The van der Waals surface area contributed by atoms with E-state index in [4.69, 9.17) is 20.2 Å². The quantitative estimate of drug-likeness (QED) is 0.424. The SMILES string of the molecule is C=CC(=O)N1CC[C@@H](C2C(c3ccc(Oc4ncccn4)cc3)c3c(N)ncnc3N2CCN2CCOCC2)C1. The predicted molar refractivity (Wildman–Crippen MR) is 150 cm³/mol. The molecule has 0 radical (unpaired) electrons. The van der Waals surface area contributed by atoms with Gasteiger partial charge in [0.05, 0.1) is 13.2 Å². The fourth-order valence-corrected chi connectivity index (χ4v) is 6.22. The van der Waals surface area contributed by atoms with Gasteiger partial charge in [0.1, 0.15) is 23.7 Å². The van der Waals surface area contributed by atoms with Gasteiger partial charge in [0, 0.05) is 69.2 Å². The number of benzene rings is 1. The summed E-state index contributed by atoms with van der Waals surface area (Å²) in [4.78, 5) is 36.7. The first kappa shape index (κ1) is 26.1. The normalized spacial score (nSPS) is 22.8. The maximum absolute atomic E-state index is 12.5. The van der Waals surface area contributed by atoms with Gasteiger partial charge in [0.25, 0.3) is 0 Å². The van der Waals surface area contributed by atoms with Crippen LogP contribution in [0.4, 0.5) is 11.6 Å². The fraction of sp³-hybridized carbons (Fsp3) is 0.414. The summed E-state index contributed by atoms with van der Waals surface area (Å²) in [5.41, 5.74) is 8.61. The molecule has 11 nitrogen and oxygen atoms in total. The number of hydrogen-bond donors (Lipinski definition) is 1. The van der Waals surface area contributed by atoms with Gasteiger partial charge in [-0.3, -0.25) is 9.69 Å². The highest BCUT2D eigenvalue weighted by atomic mass is 16.5. The second-order valence-electron chi connectivity index (χ2n) is 10.4. The molecule has 3 atom stereocenters. The van der Waals surface area contributed by atoms with Crippen LogP contribution in [0.1, 0.15) is 23.5 Å². The molecule has 3 aliphatic rings. The zero-order chi connectivity index (χ0) is 27.5. The number of fused-ring (bicyclic) bond motifs is 1. The first-order valence-corrected chi connectivity index (χ1v) is 13.8. The van der Waals surface area contributed by atoms with E-state index in [-0.39, 0.29) is 23.8 Å². The molecule has 2 aromatic heterocycles. The van der Waals surface area contributed by atoms with Gasteiger partial charge >= 0.3 is 6.01 Å². The number of amides is 1. The van der Waals surface area contributed by atoms with Crippen LogP contribution in [0, 0.1) is 5.92 Å². The number of nitrogens with zero attached hydrogens (tertiary/aromatic N) is 7. The maximum atomic E-state index is 12.5. The van der Waals surface area contributed by atoms with Crippen LogP contribution in [0.2, 0.25) is 0 Å². The van der Waals surface area contributed by atoms with Gasteiger partial charge < -0.3 is 25.0 Å². The lowest BCUT2D eigenvalue weighted by atomic mass is 9.81. The van der Waals surface area contributed by atoms with Gasteiger partial charge in [-0.05, 0) is 42.2 Å². The second-order valence-corrected chi connectivity index (χ2v) is 10.4. The van der Waals surface area contributed by atoms with Crippen molar-refractivity contribution >= 4 is 17.5 Å². The van der Waals surface area contributed by atoms with Gasteiger partial charge in [-0.2, -0.15) is 0 Å². The third kappa shape index (κ3) is 5.22. The number of anilines is 2. The summed E-state index contributed by atoms with van der Waals surface area (Å²) in [5.74, 6) is 2.15. The highest BCUT2D eigenvalue weighted by Gasteiger charge is 2.48. The fourth-order valence-electron chi connectivity index (χ4n) is 6.22. The molecule has 1 aromatic carbocycles. The van der Waals surface area contributed by atoms with Crippen molar-refractivity contribution in [3.05, 3.63) is 72.8 Å². The molecule has 0 aliphatic carbocycles. The molecule has 0 saturated carbocycles. The van der Waals surface area contributed by atoms with Gasteiger partial charge in [-0.25, -0.2) is 19.9 Å². The number of carbonyl (C=O) groups is 1. The molecule has 1 amide bonds. The van der Waals surface area contributed by atoms with Crippen LogP contribution in [-0.2, 0) is 9.53 Å². The van der Waals surface area contributed by atoms with Crippen molar-refractivity contribution in [1.29, 1.82) is 0 Å². The number of hydrogen-bond acceptors (Lipinski definition) is 10. The number of morpholine rings is 1. The maximum Gasteiger partial charge on any atom is 0.321 e. The second kappa shape index (κ2) is 11.6. The summed E-state index contributed by atoms with van der Waals surface area (Å²) < 4.78 is 11.4. The van der Waals surface area contributed by atoms with E-state index in [2.05, 4.69) is 43.5 Å². The van der Waals surface area contributed by atoms with E-state index in [1.54, 1.807) is 24.8 Å². The van der Waals surface area contributed by atoms with Crippen molar-refractivity contribution < 1.29 is 14.3 Å². The minimum atomic E-state index is -0.0632. The summed E-state index contributed by atoms with van der Waals surface area (Å²) in [7, 11) is 0. The molecule has 2 saturated heterocycles. The van der Waals surface area contributed by atoms with Gasteiger partial charge in [-0.15, -0.1) is 0 Å². The Kier molecular flexibility index (Phi) is 7.56. The molecular formula is C29H34N8O3. The van der Waals surface area contributed by atoms with E-state index in [1.807, 2.05) is 17.0 Å². The molecule has 3 aromatic rings. The van der Waals surface area contributed by atoms with Gasteiger partial charge in [0.15, 0.2) is 0 Å². The van der Waals surface area contributed by atoms with E-state index >= 15 is 0 Å². The molecule has 5 heterocycles. The average molecular weight is 543 g/mol. The van der Waals surface area contributed by atoms with E-state index in [9.17, 15) is 4.79 Å². The summed E-state index contributed by atoms with van der Waals surface area (Å²) in [5, 5.41) is 0. The van der Waals surface area contributed by atoms with Crippen LogP contribution < -0.4 is 15.4 Å². The molecule has 0 spiro atoms. The Bertz CT molecular complexity index is 1330. The third-order valence-corrected chi connectivity index (χ3v) is 8.12. The van der Waals surface area contributed by atoms with Crippen molar-refractivity contribution in [2.24, 2.45) is 5.92 Å². The Morgan fingerprint density at radius 1 is 1.07 bits per heavy atom. The van der Waals surface area contributed by atoms with E-state index < -0.39 is 0 Å². The lowest BCUT2D eigenvalue weighted by molar-refractivity contribution is -0.125. The van der Waals surface area contributed by atoms with Gasteiger partial charge in [-0.1, -0.05) is 18.7 Å². The number of ether oxygens (including phenoxy) is 2. The Balaban J connectivity index is 1.34. The Hall–Kier alpha value is -4.09. The monoisotopic (exact) mass is 542 g/mol. The van der Waals surface area contributed by atoms with Crippen molar-refractivity contribution in [2.75, 3.05) is 63.1 Å². The molecule has 0 bridgehead atoms. The largest absolute Gasteiger partial charge is 0.424 e. The first-order chi connectivity index (χ1) is 19.6. The molecule has 11 heteroatoms. The van der Waals surface area contributed by atoms with Gasteiger partial charge in [0.2, 0.25) is 5.91 Å². The summed E-state index contributed by atoms with van der Waals surface area (Å²) >= 11 is 0. The number of nitrogens with two attached hydrogens (primary N) is 1. The smallest absolute Gasteiger partial charge is 0.321 e. The van der Waals surface area contributed by atoms with Crippen molar-refractivity contribution in [3.8, 4) is 11.8 Å². The topological polar surface area (TPSA) is 123 Å². The molecule has 2 fully saturated rings. The number of likely N-dealkylation sites (tertiary alicyclic amines) is 1. The molecule has 6 rings (SSSR count). The van der Waals surface area contributed by atoms with Crippen molar-refractivity contribution in [1.82, 2.24) is 29.7 Å². The molecule has 40 heavy (non-hydrogen) atoms. The van der Waals surface area contributed by atoms with Crippen LogP contribution in [0.15, 0.2) is 61.7 Å². The lowest BCUT2D eigenvalue weighted by Gasteiger charge is -2.36. The van der Waals surface area contributed by atoms with Crippen LogP contribution in [0.25, 0.3) is 0 Å². The van der Waals surface area contributed by atoms with E-state index in [1.165, 1.54) is 6.08 Å². The van der Waals surface area contributed by atoms with Crippen LogP contribution in [-0.4, -0.2) is 94.2 Å². The van der Waals surface area contributed by atoms with Crippen LogP contribution >= 0.6 is 0 Å². The molecule has 3 aliphatic heterocycles. The minimum Gasteiger partial charge on any atom is -0.424 e. The number of carbonyl (C=O) groups excluding carboxylic acids is 1. The Morgan fingerprint density at radius 3 is 2.60 bits per heavy atom. The molecule has 2 unspecified atom stereocenters. The predicted octanol–water partition coefficient (Wildman–Crippen LogP) is 2.33. The third-order valence-electron chi connectivity index (χ3n) is 8.12. The Labute approximate surface area is 233 Å². The summed E-state index contributed by atoms with van der Waals surface area (Å²) in [6.45, 7) is 10.1. The Morgan fingerprint density at radius 2 is 1.85 bits per heavy atom. The van der Waals surface area contributed by atoms with E-state index in [0.29, 0.717) is 30.7 Å². The minimum absolute atomic E-state index is 0.0293. The molecular weight excluding hydrogens is 508 g/mol. The lowest BCUT2D eigenvalue weighted by Crippen LogP contribution is -2.47. The number of aromatic nitrogens is 4. The zero-order valence-corrected chi connectivity index (χ0v) is 22.4. The standard InChI is InChI=1S/C29H34N8O3/c1-2-23(38)36-11-8-21(18-36)26-24(20-4-6-22(7-5-20)40-29-31-9-3-10-32-29)25-27(30)33-19-34-28(25)37(26)13-12-35-14-16-39-17-15-35/h2-7,9-10,19,21,24,26H,1,8,11-18H2,(H2,30,33,34)/t21-,24?,26?/m1/s1. The first-order valence-electron chi connectivity index (χ1n) is 13.8. The zero-order valence-electron chi connectivity index (χ0n) is 22.4. The van der Waals surface area contributed by atoms with E-state index in [0.717, 1.165) is 62.8 Å². The van der Waals surface area contributed by atoms with Crippen LogP contribution in [0.5, 0.6) is 11.8 Å². The highest BCUT2D eigenvalue weighted by molar-refractivity contribution is 5.87. The molecule has 208 valence electrons. The summed E-state index contributed by atoms with van der Waals surface area (Å²) in [6.07, 6.45) is 7.13. The van der Waals surface area contributed by atoms with Crippen molar-refractivity contribution in [3.63, 3.8) is 0 Å².